The Bertz CT molecular complexity index is 632. The molecule has 1 amide bonds. The van der Waals surface area contributed by atoms with Crippen molar-refractivity contribution in [1.82, 2.24) is 0 Å². The highest BCUT2D eigenvalue weighted by Crippen LogP contribution is 2.37. The molecule has 0 atom stereocenters. The predicted molar refractivity (Wildman–Crippen MR) is 88.8 cm³/mol. The van der Waals surface area contributed by atoms with Crippen molar-refractivity contribution >= 4 is 28.9 Å². The second-order valence-electron chi connectivity index (χ2n) is 5.60. The standard InChI is InChI=1S/C8H8ClN3O3.C7H11F3/c1-11-6-3-5(9)4(8(10)13)2-7(6)12(14)15;8-7(9,10)6-4-2-1-3-5-6/h2-3,11H,1H3,(H2,10,13);6H,1-5H2. The van der Waals surface area contributed by atoms with Gasteiger partial charge in [0.2, 0.25) is 5.91 Å². The van der Waals surface area contributed by atoms with Crippen LogP contribution in [0.2, 0.25) is 5.02 Å². The van der Waals surface area contributed by atoms with Crippen LogP contribution in [-0.4, -0.2) is 24.1 Å². The molecule has 10 heteroatoms. The fourth-order valence-corrected chi connectivity index (χ4v) is 2.79. The normalized spacial score (nSPS) is 15.1. The summed E-state index contributed by atoms with van der Waals surface area (Å²) in [6, 6.07) is 2.34. The van der Waals surface area contributed by atoms with E-state index in [0.29, 0.717) is 12.8 Å². The molecule has 1 aromatic rings. The van der Waals surface area contributed by atoms with Gasteiger partial charge in [-0.15, -0.1) is 0 Å². The third-order valence-corrected chi connectivity index (χ3v) is 4.20. The molecule has 0 heterocycles. The van der Waals surface area contributed by atoms with Crippen LogP contribution >= 0.6 is 11.6 Å². The van der Waals surface area contributed by atoms with Crippen molar-refractivity contribution in [2.45, 2.75) is 38.3 Å². The number of nitrogens with zero attached hydrogens (tertiary/aromatic N) is 1. The lowest BCUT2D eigenvalue weighted by Crippen LogP contribution is -2.24. The highest BCUT2D eigenvalue weighted by atomic mass is 35.5. The SMILES string of the molecule is CNc1cc(Cl)c(C(N)=O)cc1[N+](=O)[O-].FC(F)(F)C1CCCCC1. The summed E-state index contributed by atoms with van der Waals surface area (Å²) in [6.45, 7) is 0. The summed E-state index contributed by atoms with van der Waals surface area (Å²) in [5.41, 5.74) is 4.93. The van der Waals surface area contributed by atoms with E-state index in [9.17, 15) is 28.1 Å². The van der Waals surface area contributed by atoms with E-state index in [1.165, 1.54) is 13.1 Å². The average molecular weight is 382 g/mol. The third-order valence-electron chi connectivity index (χ3n) is 3.88. The zero-order valence-corrected chi connectivity index (χ0v) is 14.3. The van der Waals surface area contributed by atoms with E-state index in [4.69, 9.17) is 17.3 Å². The van der Waals surface area contributed by atoms with Crippen molar-refractivity contribution < 1.29 is 22.9 Å². The molecule has 6 nitrogen and oxygen atoms in total. The lowest BCUT2D eigenvalue weighted by molar-refractivity contribution is -0.384. The van der Waals surface area contributed by atoms with Gasteiger partial charge >= 0.3 is 6.18 Å². The van der Waals surface area contributed by atoms with Gasteiger partial charge in [0, 0.05) is 13.1 Å². The maximum Gasteiger partial charge on any atom is 0.391 e. The number of nitro groups is 1. The van der Waals surface area contributed by atoms with E-state index in [1.54, 1.807) is 0 Å². The van der Waals surface area contributed by atoms with E-state index in [-0.39, 0.29) is 22.0 Å². The van der Waals surface area contributed by atoms with Gasteiger partial charge in [0.15, 0.2) is 0 Å². The molecular weight excluding hydrogens is 363 g/mol. The van der Waals surface area contributed by atoms with Crippen LogP contribution < -0.4 is 11.1 Å². The number of nitrogens with one attached hydrogen (secondary N) is 1. The van der Waals surface area contributed by atoms with E-state index >= 15 is 0 Å². The number of halogens is 4. The second kappa shape index (κ2) is 8.89. The van der Waals surface area contributed by atoms with Crippen molar-refractivity contribution in [2.75, 3.05) is 12.4 Å². The van der Waals surface area contributed by atoms with Gasteiger partial charge in [-0.25, -0.2) is 0 Å². The van der Waals surface area contributed by atoms with Crippen LogP contribution in [0.3, 0.4) is 0 Å². The van der Waals surface area contributed by atoms with Gasteiger partial charge < -0.3 is 11.1 Å². The quantitative estimate of drug-likeness (QED) is 0.594. The Morgan fingerprint density at radius 3 is 2.24 bits per heavy atom. The Balaban J connectivity index is 0.000000271. The zero-order valence-electron chi connectivity index (χ0n) is 13.5. The molecular formula is C15H19ClF3N3O3. The number of carbonyl (C=O) groups excluding carboxylic acids is 1. The molecule has 0 unspecified atom stereocenters. The Morgan fingerprint density at radius 1 is 1.32 bits per heavy atom. The van der Waals surface area contributed by atoms with Gasteiger partial charge in [-0.2, -0.15) is 13.2 Å². The largest absolute Gasteiger partial charge is 0.391 e. The molecule has 0 bridgehead atoms. The second-order valence-corrected chi connectivity index (χ2v) is 6.00. The summed E-state index contributed by atoms with van der Waals surface area (Å²) in [5.74, 6) is -1.80. The first-order valence-corrected chi connectivity index (χ1v) is 7.98. The Morgan fingerprint density at radius 2 is 1.88 bits per heavy atom. The number of amides is 1. The number of alkyl halides is 3. The maximum atomic E-state index is 11.9. The molecule has 1 fully saturated rings. The summed E-state index contributed by atoms with van der Waals surface area (Å²) < 4.78 is 35.8. The highest BCUT2D eigenvalue weighted by Gasteiger charge is 2.39. The van der Waals surface area contributed by atoms with Crippen LogP contribution in [0.25, 0.3) is 0 Å². The summed E-state index contributed by atoms with van der Waals surface area (Å²) in [6.07, 6.45) is -0.742. The first kappa shape index (κ1) is 21.0. The molecule has 0 spiro atoms. The minimum absolute atomic E-state index is 0.0673. The molecule has 140 valence electrons. The van der Waals surface area contributed by atoms with Crippen LogP contribution in [0, 0.1) is 16.0 Å². The molecule has 0 saturated heterocycles. The molecule has 0 aliphatic heterocycles. The lowest BCUT2D eigenvalue weighted by atomic mass is 9.89. The van der Waals surface area contributed by atoms with E-state index < -0.39 is 22.9 Å². The average Bonchev–Trinajstić information content (AvgIpc) is 2.54. The lowest BCUT2D eigenvalue weighted by Gasteiger charge is -2.23. The number of benzene rings is 1. The summed E-state index contributed by atoms with van der Waals surface area (Å²) in [5, 5.41) is 13.3. The Kier molecular flexibility index (Phi) is 7.47. The van der Waals surface area contributed by atoms with E-state index in [2.05, 4.69) is 5.32 Å². The van der Waals surface area contributed by atoms with Crippen LogP contribution in [0.15, 0.2) is 12.1 Å². The van der Waals surface area contributed by atoms with Crippen LogP contribution in [0.1, 0.15) is 42.5 Å². The molecule has 0 aromatic heterocycles. The highest BCUT2D eigenvalue weighted by molar-refractivity contribution is 6.34. The van der Waals surface area contributed by atoms with Crippen molar-refractivity contribution in [2.24, 2.45) is 11.7 Å². The zero-order chi connectivity index (χ0) is 19.2. The molecule has 25 heavy (non-hydrogen) atoms. The summed E-state index contributed by atoms with van der Waals surface area (Å²) in [4.78, 5) is 20.9. The summed E-state index contributed by atoms with van der Waals surface area (Å²) >= 11 is 5.72. The minimum atomic E-state index is -3.93. The van der Waals surface area contributed by atoms with Crippen molar-refractivity contribution in [3.05, 3.63) is 32.8 Å². The molecule has 3 N–H and O–H groups in total. The number of primary amides is 1. The van der Waals surface area contributed by atoms with Gasteiger partial charge in [0.05, 0.1) is 21.4 Å². The monoisotopic (exact) mass is 381 g/mol. The molecule has 1 aliphatic carbocycles. The summed E-state index contributed by atoms with van der Waals surface area (Å²) in [7, 11) is 1.52. The van der Waals surface area contributed by atoms with Crippen LogP contribution in [0.5, 0.6) is 0 Å². The Hall–Kier alpha value is -2.03. The third kappa shape index (κ3) is 6.08. The first-order chi connectivity index (χ1) is 11.6. The molecule has 0 radical (unpaired) electrons. The van der Waals surface area contributed by atoms with Crippen LogP contribution in [0.4, 0.5) is 24.5 Å². The van der Waals surface area contributed by atoms with Gasteiger partial charge in [0.1, 0.15) is 5.69 Å². The van der Waals surface area contributed by atoms with E-state index in [0.717, 1.165) is 25.3 Å². The van der Waals surface area contributed by atoms with Crippen molar-refractivity contribution in [3.8, 4) is 0 Å². The number of rotatable bonds is 3. The number of nitro benzene ring substituents is 1. The number of hydrogen-bond acceptors (Lipinski definition) is 4. The smallest absolute Gasteiger partial charge is 0.383 e. The number of nitrogens with two attached hydrogens (primary N) is 1. The minimum Gasteiger partial charge on any atom is -0.383 e. The fraction of sp³-hybridized carbons (Fsp3) is 0.533. The number of hydrogen-bond donors (Lipinski definition) is 2. The van der Waals surface area contributed by atoms with Gasteiger partial charge in [-0.3, -0.25) is 14.9 Å². The molecule has 2 rings (SSSR count). The number of carbonyl (C=O) groups is 1. The first-order valence-electron chi connectivity index (χ1n) is 7.60. The van der Waals surface area contributed by atoms with Crippen LogP contribution in [-0.2, 0) is 0 Å². The van der Waals surface area contributed by atoms with Gasteiger partial charge in [-0.05, 0) is 18.9 Å². The molecule has 1 aromatic carbocycles. The topological polar surface area (TPSA) is 98.3 Å². The predicted octanol–water partition coefficient (Wildman–Crippen LogP) is 4.52. The van der Waals surface area contributed by atoms with Gasteiger partial charge in [0.25, 0.3) is 5.69 Å². The molecule has 1 aliphatic rings. The molecule has 1 saturated carbocycles. The Labute approximate surface area is 147 Å². The van der Waals surface area contributed by atoms with E-state index in [1.807, 2.05) is 0 Å². The van der Waals surface area contributed by atoms with Crippen molar-refractivity contribution in [3.63, 3.8) is 0 Å². The van der Waals surface area contributed by atoms with Crippen molar-refractivity contribution in [1.29, 1.82) is 0 Å². The maximum absolute atomic E-state index is 11.9. The fourth-order valence-electron chi connectivity index (χ4n) is 2.53. The number of anilines is 1. The van der Waals surface area contributed by atoms with Gasteiger partial charge in [-0.1, -0.05) is 30.9 Å².